The van der Waals surface area contributed by atoms with Crippen LogP contribution in [0.2, 0.25) is 0 Å². The summed E-state index contributed by atoms with van der Waals surface area (Å²) in [5, 5.41) is 17.8. The highest BCUT2D eigenvalue weighted by molar-refractivity contribution is 6.00. The fourth-order valence-electron chi connectivity index (χ4n) is 5.62. The molecular weight excluding hydrogens is 474 g/mol. The summed E-state index contributed by atoms with van der Waals surface area (Å²) in [6, 6.07) is 19.5. The summed E-state index contributed by atoms with van der Waals surface area (Å²) < 4.78 is 0. The van der Waals surface area contributed by atoms with E-state index in [1.165, 1.54) is 32.1 Å². The van der Waals surface area contributed by atoms with Gasteiger partial charge < -0.3 is 20.6 Å². The first-order chi connectivity index (χ1) is 18.6. The summed E-state index contributed by atoms with van der Waals surface area (Å²) in [6.07, 6.45) is 8.45. The molecule has 2 unspecified atom stereocenters. The summed E-state index contributed by atoms with van der Waals surface area (Å²) in [5.74, 6) is 1.14. The van der Waals surface area contributed by atoms with Crippen LogP contribution in [0.1, 0.15) is 79.6 Å². The molecule has 3 N–H and O–H groups in total. The normalized spacial score (nSPS) is 18.9. The number of benzene rings is 2. The van der Waals surface area contributed by atoms with Gasteiger partial charge in [0.25, 0.3) is 0 Å². The van der Waals surface area contributed by atoms with Crippen molar-refractivity contribution in [3.8, 4) is 0 Å². The molecule has 0 radical (unpaired) electrons. The summed E-state index contributed by atoms with van der Waals surface area (Å²) in [5.41, 5.74) is 2.75. The van der Waals surface area contributed by atoms with Crippen molar-refractivity contribution in [2.75, 3.05) is 23.3 Å². The molecule has 1 aliphatic carbocycles. The Hall–Kier alpha value is -3.29. The van der Waals surface area contributed by atoms with E-state index in [-0.39, 0.29) is 5.78 Å². The Morgan fingerprint density at radius 3 is 2.61 bits per heavy atom. The number of aliphatic hydroxyl groups is 1. The van der Waals surface area contributed by atoms with Crippen molar-refractivity contribution in [3.05, 3.63) is 77.5 Å². The fraction of sp³-hybridized carbons (Fsp3) is 0.452. The van der Waals surface area contributed by atoms with Gasteiger partial charge in [0.15, 0.2) is 5.78 Å². The average molecular weight is 514 g/mol. The molecule has 5 rings (SSSR count). The maximum Gasteiger partial charge on any atom is 0.229 e. The molecule has 2 aromatic carbocycles. The topological polar surface area (TPSA) is 90.4 Å². The number of rotatable bonds is 10. The van der Waals surface area contributed by atoms with Gasteiger partial charge in [-0.2, -0.15) is 4.98 Å². The second-order valence-corrected chi connectivity index (χ2v) is 10.6. The lowest BCUT2D eigenvalue weighted by Crippen LogP contribution is -2.41. The SMILES string of the molecule is CCCc1cc(N2CCC(NC3CCCCC3)C2)nc(Nc2cccc(C(=O)C(O)c3ccccc3)c2)n1. The molecule has 1 aliphatic heterocycles. The van der Waals surface area contributed by atoms with Crippen LogP contribution in [-0.2, 0) is 6.42 Å². The molecular formula is C31H39N5O2. The molecule has 38 heavy (non-hydrogen) atoms. The maximum atomic E-state index is 13.0. The second-order valence-electron chi connectivity index (χ2n) is 10.6. The molecule has 0 amide bonds. The zero-order chi connectivity index (χ0) is 26.3. The third-order valence-electron chi connectivity index (χ3n) is 7.63. The van der Waals surface area contributed by atoms with E-state index in [0.717, 1.165) is 43.9 Å². The van der Waals surface area contributed by atoms with Gasteiger partial charge in [-0.25, -0.2) is 4.98 Å². The first kappa shape index (κ1) is 26.3. The quantitative estimate of drug-likeness (QED) is 0.305. The Bertz CT molecular complexity index is 1210. The van der Waals surface area contributed by atoms with Gasteiger partial charge in [-0.05, 0) is 43.4 Å². The highest BCUT2D eigenvalue weighted by Crippen LogP contribution is 2.26. The van der Waals surface area contributed by atoms with Crippen LogP contribution in [0.25, 0.3) is 0 Å². The standard InChI is InChI=1S/C31H39N5O2/c1-2-10-25-20-28(36-18-17-27(21-36)32-24-14-7-4-8-15-24)35-31(33-25)34-26-16-9-13-23(19-26)30(38)29(37)22-11-5-3-6-12-22/h3,5-6,9,11-13,16,19-20,24,27,29,32,37H,2,4,7-8,10,14-15,17-18,21H2,1H3,(H,33,34,35). The first-order valence-electron chi connectivity index (χ1n) is 14.1. The predicted octanol–water partition coefficient (Wildman–Crippen LogP) is 5.59. The number of nitrogens with zero attached hydrogens (tertiary/aromatic N) is 3. The van der Waals surface area contributed by atoms with E-state index in [9.17, 15) is 9.90 Å². The number of carbonyl (C=O) groups excluding carboxylic acids is 1. The number of aromatic nitrogens is 2. The molecule has 2 aliphatic rings. The average Bonchev–Trinajstić information content (AvgIpc) is 3.42. The van der Waals surface area contributed by atoms with Gasteiger partial charge in [-0.3, -0.25) is 4.79 Å². The van der Waals surface area contributed by atoms with Crippen molar-refractivity contribution >= 4 is 23.2 Å². The highest BCUT2D eigenvalue weighted by Gasteiger charge is 2.27. The van der Waals surface area contributed by atoms with Gasteiger partial charge in [0, 0.05) is 48.2 Å². The smallest absolute Gasteiger partial charge is 0.229 e. The van der Waals surface area contributed by atoms with Gasteiger partial charge in [0.05, 0.1) is 0 Å². The molecule has 7 nitrogen and oxygen atoms in total. The monoisotopic (exact) mass is 513 g/mol. The number of ketones is 1. The zero-order valence-corrected chi connectivity index (χ0v) is 22.3. The molecule has 0 bridgehead atoms. The van der Waals surface area contributed by atoms with Crippen LogP contribution in [0, 0.1) is 0 Å². The van der Waals surface area contributed by atoms with E-state index in [0.29, 0.717) is 34.8 Å². The Kier molecular flexibility index (Phi) is 8.66. The van der Waals surface area contributed by atoms with Gasteiger partial charge in [-0.1, -0.05) is 75.1 Å². The number of carbonyl (C=O) groups is 1. The lowest BCUT2D eigenvalue weighted by molar-refractivity contribution is 0.0747. The number of aryl methyl sites for hydroxylation is 1. The number of aliphatic hydroxyl groups excluding tert-OH is 1. The molecule has 3 aromatic rings. The molecule has 1 saturated heterocycles. The summed E-state index contributed by atoms with van der Waals surface area (Å²) in [6.45, 7) is 4.09. The van der Waals surface area contributed by atoms with E-state index < -0.39 is 6.10 Å². The number of hydrogen-bond donors (Lipinski definition) is 3. The van der Waals surface area contributed by atoms with Crippen molar-refractivity contribution in [1.82, 2.24) is 15.3 Å². The van der Waals surface area contributed by atoms with Crippen LogP contribution >= 0.6 is 0 Å². The van der Waals surface area contributed by atoms with Crippen LogP contribution < -0.4 is 15.5 Å². The lowest BCUT2D eigenvalue weighted by atomic mass is 9.95. The van der Waals surface area contributed by atoms with E-state index in [2.05, 4.69) is 28.5 Å². The minimum Gasteiger partial charge on any atom is -0.380 e. The van der Waals surface area contributed by atoms with Crippen molar-refractivity contribution < 1.29 is 9.90 Å². The van der Waals surface area contributed by atoms with E-state index >= 15 is 0 Å². The molecule has 1 saturated carbocycles. The molecule has 2 fully saturated rings. The maximum absolute atomic E-state index is 13.0. The number of nitrogens with one attached hydrogen (secondary N) is 2. The minimum absolute atomic E-state index is 0.338. The Morgan fingerprint density at radius 1 is 1.00 bits per heavy atom. The molecule has 0 spiro atoms. The van der Waals surface area contributed by atoms with Gasteiger partial charge >= 0.3 is 0 Å². The summed E-state index contributed by atoms with van der Waals surface area (Å²) in [4.78, 5) is 25.0. The van der Waals surface area contributed by atoms with Gasteiger partial charge in [0.1, 0.15) is 11.9 Å². The van der Waals surface area contributed by atoms with Crippen LogP contribution in [0.5, 0.6) is 0 Å². The van der Waals surface area contributed by atoms with Gasteiger partial charge in [-0.15, -0.1) is 0 Å². The Balaban J connectivity index is 1.30. The molecule has 2 heterocycles. The van der Waals surface area contributed by atoms with E-state index in [1.807, 2.05) is 30.3 Å². The van der Waals surface area contributed by atoms with Gasteiger partial charge in [0.2, 0.25) is 5.95 Å². The van der Waals surface area contributed by atoms with Crippen molar-refractivity contribution in [2.45, 2.75) is 76.5 Å². The fourth-order valence-corrected chi connectivity index (χ4v) is 5.62. The zero-order valence-electron chi connectivity index (χ0n) is 22.3. The van der Waals surface area contributed by atoms with E-state index in [1.54, 1.807) is 24.3 Å². The third kappa shape index (κ3) is 6.58. The van der Waals surface area contributed by atoms with Crippen molar-refractivity contribution in [2.24, 2.45) is 0 Å². The van der Waals surface area contributed by atoms with Crippen LogP contribution in [0.15, 0.2) is 60.7 Å². The van der Waals surface area contributed by atoms with Crippen LogP contribution in [-0.4, -0.2) is 46.0 Å². The van der Waals surface area contributed by atoms with Crippen LogP contribution in [0.3, 0.4) is 0 Å². The lowest BCUT2D eigenvalue weighted by Gasteiger charge is -2.26. The summed E-state index contributed by atoms with van der Waals surface area (Å²) in [7, 11) is 0. The largest absolute Gasteiger partial charge is 0.380 e. The Labute approximate surface area is 225 Å². The van der Waals surface area contributed by atoms with Crippen molar-refractivity contribution in [1.29, 1.82) is 0 Å². The number of hydrogen-bond acceptors (Lipinski definition) is 7. The van der Waals surface area contributed by atoms with Crippen molar-refractivity contribution in [3.63, 3.8) is 0 Å². The third-order valence-corrected chi connectivity index (χ3v) is 7.63. The molecule has 1 aromatic heterocycles. The summed E-state index contributed by atoms with van der Waals surface area (Å²) >= 11 is 0. The number of Topliss-reactive ketones (excluding diaryl/α,β-unsaturated/α-hetero) is 1. The minimum atomic E-state index is -1.20. The predicted molar refractivity (Wildman–Crippen MR) is 152 cm³/mol. The first-order valence-corrected chi connectivity index (χ1v) is 14.1. The number of anilines is 3. The molecule has 200 valence electrons. The van der Waals surface area contributed by atoms with Crippen LogP contribution in [0.4, 0.5) is 17.5 Å². The highest BCUT2D eigenvalue weighted by atomic mass is 16.3. The second kappa shape index (κ2) is 12.5. The van der Waals surface area contributed by atoms with E-state index in [4.69, 9.17) is 9.97 Å². The molecule has 2 atom stereocenters. The Morgan fingerprint density at radius 2 is 1.82 bits per heavy atom. The molecule has 7 heteroatoms.